The zero-order valence-electron chi connectivity index (χ0n) is 17.9. The second-order valence-corrected chi connectivity index (χ2v) is 7.75. The van der Waals surface area contributed by atoms with Gasteiger partial charge in [-0.2, -0.15) is 0 Å². The normalized spacial score (nSPS) is 11.6. The van der Waals surface area contributed by atoms with Crippen LogP contribution in [-0.4, -0.2) is 61.4 Å². The standard InChI is InChI=1S/C22H36O7/c1-22(2,3)29-21(25)6-8-27-10-12-28-11-9-26-7-4-5-18-13-19(16-23)15-20(14-18)17-24/h13-15,23-24H,4-12,16-17H2,1-3H3. The summed E-state index contributed by atoms with van der Waals surface area (Å²) in [7, 11) is 0. The number of aryl methyl sites for hydroxylation is 1. The Morgan fingerprint density at radius 1 is 0.793 bits per heavy atom. The van der Waals surface area contributed by atoms with E-state index in [-0.39, 0.29) is 25.6 Å². The number of rotatable bonds is 15. The van der Waals surface area contributed by atoms with E-state index in [2.05, 4.69) is 0 Å². The van der Waals surface area contributed by atoms with Crippen LogP contribution in [0.1, 0.15) is 50.3 Å². The minimum atomic E-state index is -0.466. The zero-order valence-corrected chi connectivity index (χ0v) is 17.9. The number of benzene rings is 1. The van der Waals surface area contributed by atoms with Gasteiger partial charge in [-0.05, 0) is 50.3 Å². The lowest BCUT2D eigenvalue weighted by molar-refractivity contribution is -0.156. The number of aliphatic hydroxyl groups excluding tert-OH is 2. The monoisotopic (exact) mass is 412 g/mol. The van der Waals surface area contributed by atoms with Crippen molar-refractivity contribution in [1.29, 1.82) is 0 Å². The Labute approximate surface area is 173 Å². The van der Waals surface area contributed by atoms with Gasteiger partial charge in [-0.15, -0.1) is 0 Å². The third kappa shape index (κ3) is 13.4. The maximum Gasteiger partial charge on any atom is 0.308 e. The van der Waals surface area contributed by atoms with Crippen molar-refractivity contribution in [3.05, 3.63) is 34.9 Å². The van der Waals surface area contributed by atoms with E-state index < -0.39 is 5.60 Å². The van der Waals surface area contributed by atoms with E-state index in [0.29, 0.717) is 39.6 Å². The average Bonchev–Trinajstić information content (AvgIpc) is 2.67. The van der Waals surface area contributed by atoms with Crippen molar-refractivity contribution in [3.8, 4) is 0 Å². The van der Waals surface area contributed by atoms with Gasteiger partial charge in [-0.3, -0.25) is 4.79 Å². The van der Waals surface area contributed by atoms with Crippen molar-refractivity contribution >= 4 is 5.97 Å². The van der Waals surface area contributed by atoms with Gasteiger partial charge in [0.05, 0.1) is 52.7 Å². The van der Waals surface area contributed by atoms with E-state index >= 15 is 0 Å². The molecule has 0 heterocycles. The maximum absolute atomic E-state index is 11.5. The number of carbonyl (C=O) groups excluding carboxylic acids is 1. The molecule has 166 valence electrons. The van der Waals surface area contributed by atoms with Crippen molar-refractivity contribution in [1.82, 2.24) is 0 Å². The van der Waals surface area contributed by atoms with Crippen LogP contribution < -0.4 is 0 Å². The zero-order chi connectivity index (χ0) is 21.5. The summed E-state index contributed by atoms with van der Waals surface area (Å²) in [4.78, 5) is 11.5. The van der Waals surface area contributed by atoms with Gasteiger partial charge in [0.1, 0.15) is 5.60 Å². The van der Waals surface area contributed by atoms with E-state index in [9.17, 15) is 15.0 Å². The van der Waals surface area contributed by atoms with Crippen LogP contribution in [-0.2, 0) is 43.4 Å². The Morgan fingerprint density at radius 3 is 1.79 bits per heavy atom. The largest absolute Gasteiger partial charge is 0.460 e. The molecule has 0 unspecified atom stereocenters. The predicted octanol–water partition coefficient (Wildman–Crippen LogP) is 2.39. The molecule has 7 nitrogen and oxygen atoms in total. The molecule has 0 amide bonds. The number of ether oxygens (including phenoxy) is 4. The molecule has 29 heavy (non-hydrogen) atoms. The van der Waals surface area contributed by atoms with Gasteiger partial charge >= 0.3 is 5.97 Å². The molecule has 0 saturated carbocycles. The van der Waals surface area contributed by atoms with Gasteiger partial charge < -0.3 is 29.2 Å². The van der Waals surface area contributed by atoms with Crippen LogP contribution in [0.4, 0.5) is 0 Å². The maximum atomic E-state index is 11.5. The second-order valence-electron chi connectivity index (χ2n) is 7.75. The minimum absolute atomic E-state index is 0.0284. The summed E-state index contributed by atoms with van der Waals surface area (Å²) in [5.41, 5.74) is 2.25. The number of hydrogen-bond donors (Lipinski definition) is 2. The predicted molar refractivity (Wildman–Crippen MR) is 110 cm³/mol. The molecule has 0 atom stereocenters. The molecule has 1 aromatic rings. The quantitative estimate of drug-likeness (QED) is 0.337. The van der Waals surface area contributed by atoms with E-state index in [1.807, 2.05) is 32.9 Å². The highest BCUT2D eigenvalue weighted by Crippen LogP contribution is 2.13. The number of aliphatic hydroxyl groups is 2. The number of esters is 1. The molecule has 0 aliphatic rings. The molecule has 0 aliphatic heterocycles. The average molecular weight is 413 g/mol. The topological polar surface area (TPSA) is 94.5 Å². The van der Waals surface area contributed by atoms with Gasteiger partial charge in [0.2, 0.25) is 0 Å². The Morgan fingerprint density at radius 2 is 1.28 bits per heavy atom. The van der Waals surface area contributed by atoms with Gasteiger partial charge in [-0.25, -0.2) is 0 Å². The molecule has 0 radical (unpaired) electrons. The third-order valence-corrected chi connectivity index (χ3v) is 3.85. The Balaban J connectivity index is 1.96. The molecular weight excluding hydrogens is 376 g/mol. The van der Waals surface area contributed by atoms with E-state index in [4.69, 9.17) is 18.9 Å². The molecule has 2 N–H and O–H groups in total. The second kappa shape index (κ2) is 14.5. The third-order valence-electron chi connectivity index (χ3n) is 3.85. The van der Waals surface area contributed by atoms with Gasteiger partial charge in [0.15, 0.2) is 0 Å². The van der Waals surface area contributed by atoms with Crippen LogP contribution in [0.5, 0.6) is 0 Å². The molecule has 7 heteroatoms. The van der Waals surface area contributed by atoms with Crippen LogP contribution in [0.25, 0.3) is 0 Å². The summed E-state index contributed by atoms with van der Waals surface area (Å²) in [6, 6.07) is 5.70. The first-order chi connectivity index (χ1) is 13.8. The van der Waals surface area contributed by atoms with E-state index in [1.54, 1.807) is 6.07 Å². The summed E-state index contributed by atoms with van der Waals surface area (Å²) in [6.45, 7) is 8.28. The highest BCUT2D eigenvalue weighted by atomic mass is 16.6. The van der Waals surface area contributed by atoms with Crippen LogP contribution in [0.3, 0.4) is 0 Å². The van der Waals surface area contributed by atoms with Gasteiger partial charge in [0.25, 0.3) is 0 Å². The molecule has 0 saturated heterocycles. The summed E-state index contributed by atoms with van der Waals surface area (Å²) in [5, 5.41) is 18.5. The van der Waals surface area contributed by atoms with Gasteiger partial charge in [0, 0.05) is 6.61 Å². The molecule has 0 aliphatic carbocycles. The fraction of sp³-hybridized carbons (Fsp3) is 0.682. The number of carbonyl (C=O) groups is 1. The first-order valence-corrected chi connectivity index (χ1v) is 10.1. The lowest BCUT2D eigenvalue weighted by Crippen LogP contribution is -2.24. The van der Waals surface area contributed by atoms with Crippen LogP contribution >= 0.6 is 0 Å². The van der Waals surface area contributed by atoms with Gasteiger partial charge in [-0.1, -0.05) is 18.2 Å². The van der Waals surface area contributed by atoms with Crippen LogP contribution in [0.15, 0.2) is 18.2 Å². The van der Waals surface area contributed by atoms with Crippen LogP contribution in [0.2, 0.25) is 0 Å². The molecule has 0 spiro atoms. The minimum Gasteiger partial charge on any atom is -0.460 e. The molecular formula is C22H36O7. The molecule has 1 aromatic carbocycles. The lowest BCUT2D eigenvalue weighted by atomic mass is 10.0. The molecule has 0 aromatic heterocycles. The Bertz CT molecular complexity index is 559. The smallest absolute Gasteiger partial charge is 0.308 e. The van der Waals surface area contributed by atoms with Crippen LogP contribution in [0, 0.1) is 0 Å². The van der Waals surface area contributed by atoms with Crippen molar-refractivity contribution < 1.29 is 34.0 Å². The molecule has 0 fully saturated rings. The first-order valence-electron chi connectivity index (χ1n) is 10.1. The fourth-order valence-electron chi connectivity index (χ4n) is 2.63. The van der Waals surface area contributed by atoms with Crippen molar-refractivity contribution in [2.24, 2.45) is 0 Å². The highest BCUT2D eigenvalue weighted by Gasteiger charge is 2.15. The molecule has 0 bridgehead atoms. The fourth-order valence-corrected chi connectivity index (χ4v) is 2.63. The SMILES string of the molecule is CC(C)(C)OC(=O)CCOCCOCCOCCCc1cc(CO)cc(CO)c1. The Hall–Kier alpha value is -1.51. The Kier molecular flexibility index (Phi) is 12.7. The van der Waals surface area contributed by atoms with Crippen molar-refractivity contribution in [2.45, 2.75) is 58.8 Å². The first kappa shape index (κ1) is 25.5. The van der Waals surface area contributed by atoms with Crippen molar-refractivity contribution in [2.75, 3.05) is 39.6 Å². The summed E-state index contributed by atoms with van der Waals surface area (Å²) < 4.78 is 21.5. The highest BCUT2D eigenvalue weighted by molar-refractivity contribution is 5.69. The summed E-state index contributed by atoms with van der Waals surface area (Å²) in [5.74, 6) is -0.262. The van der Waals surface area contributed by atoms with E-state index in [0.717, 1.165) is 29.5 Å². The lowest BCUT2D eigenvalue weighted by Gasteiger charge is -2.19. The van der Waals surface area contributed by atoms with Crippen molar-refractivity contribution in [3.63, 3.8) is 0 Å². The summed E-state index contributed by atoms with van der Waals surface area (Å²) >= 11 is 0. The van der Waals surface area contributed by atoms with E-state index in [1.165, 1.54) is 0 Å². The number of hydrogen-bond acceptors (Lipinski definition) is 7. The summed E-state index contributed by atoms with van der Waals surface area (Å²) in [6.07, 6.45) is 1.92. The molecule has 1 rings (SSSR count).